The van der Waals surface area contributed by atoms with Crippen LogP contribution in [0.15, 0.2) is 47.6 Å². The van der Waals surface area contributed by atoms with Crippen molar-refractivity contribution in [3.05, 3.63) is 69.3 Å². The number of hydrogen-bond acceptors (Lipinski definition) is 5. The van der Waals surface area contributed by atoms with Crippen LogP contribution in [0.25, 0.3) is 0 Å². The van der Waals surface area contributed by atoms with Gasteiger partial charge in [-0.2, -0.15) is 0 Å². The highest BCUT2D eigenvalue weighted by Gasteiger charge is 2.06. The molecule has 0 aliphatic heterocycles. The van der Waals surface area contributed by atoms with Gasteiger partial charge in [-0.1, -0.05) is 23.4 Å². The number of nitrogens with zero attached hydrogens (tertiary/aromatic N) is 3. The highest BCUT2D eigenvalue weighted by atomic mass is 16.6. The summed E-state index contributed by atoms with van der Waals surface area (Å²) in [5.74, 6) is 0. The molecular formula is C19H23N3O3. The van der Waals surface area contributed by atoms with Crippen LogP contribution in [-0.4, -0.2) is 24.2 Å². The molecule has 0 aromatic heterocycles. The standard InChI is InChI=1S/C19H23N3O3/c1-4-21(5-2)18-10-9-17(15(3)11-18)13-20-25-14-16-7-6-8-19(12-16)22(23)24/h6-13H,4-5,14H2,1-3H3/b20-13-. The Morgan fingerprint density at radius 3 is 2.60 bits per heavy atom. The molecule has 0 saturated heterocycles. The van der Waals surface area contributed by atoms with E-state index in [0.717, 1.165) is 24.2 Å². The predicted molar refractivity (Wildman–Crippen MR) is 100 cm³/mol. The van der Waals surface area contributed by atoms with Gasteiger partial charge in [-0.25, -0.2) is 0 Å². The minimum absolute atomic E-state index is 0.0490. The van der Waals surface area contributed by atoms with Gasteiger partial charge in [0.05, 0.1) is 11.1 Å². The Kier molecular flexibility index (Phi) is 6.51. The van der Waals surface area contributed by atoms with Crippen LogP contribution in [0.2, 0.25) is 0 Å². The third-order valence-corrected chi connectivity index (χ3v) is 4.00. The fourth-order valence-corrected chi connectivity index (χ4v) is 2.56. The molecule has 25 heavy (non-hydrogen) atoms. The van der Waals surface area contributed by atoms with Crippen LogP contribution in [0.5, 0.6) is 0 Å². The third kappa shape index (κ3) is 5.04. The number of nitro benzene ring substituents is 1. The minimum Gasteiger partial charge on any atom is -0.391 e. The van der Waals surface area contributed by atoms with Crippen LogP contribution in [0, 0.1) is 17.0 Å². The van der Waals surface area contributed by atoms with E-state index in [1.54, 1.807) is 18.3 Å². The van der Waals surface area contributed by atoms with Crippen LogP contribution in [0.1, 0.15) is 30.5 Å². The number of hydrogen-bond donors (Lipinski definition) is 0. The van der Waals surface area contributed by atoms with Crippen LogP contribution < -0.4 is 4.90 Å². The van der Waals surface area contributed by atoms with E-state index in [1.807, 2.05) is 13.0 Å². The Morgan fingerprint density at radius 2 is 1.96 bits per heavy atom. The Balaban J connectivity index is 1.98. The van der Waals surface area contributed by atoms with E-state index >= 15 is 0 Å². The summed E-state index contributed by atoms with van der Waals surface area (Å²) >= 11 is 0. The van der Waals surface area contributed by atoms with E-state index in [2.05, 4.69) is 36.0 Å². The Hall–Kier alpha value is -2.89. The summed E-state index contributed by atoms with van der Waals surface area (Å²) in [5.41, 5.74) is 4.05. The smallest absolute Gasteiger partial charge is 0.269 e. The molecule has 0 radical (unpaired) electrons. The number of rotatable bonds is 8. The van der Waals surface area contributed by atoms with E-state index in [9.17, 15) is 10.1 Å². The van der Waals surface area contributed by atoms with Crippen molar-refractivity contribution >= 4 is 17.6 Å². The fraction of sp³-hybridized carbons (Fsp3) is 0.316. The summed E-state index contributed by atoms with van der Waals surface area (Å²) in [6.07, 6.45) is 1.67. The maximum atomic E-state index is 10.8. The largest absolute Gasteiger partial charge is 0.391 e. The first kappa shape index (κ1) is 18.4. The summed E-state index contributed by atoms with van der Waals surface area (Å²) in [7, 11) is 0. The van der Waals surface area contributed by atoms with Gasteiger partial charge in [-0.15, -0.1) is 0 Å². The lowest BCUT2D eigenvalue weighted by molar-refractivity contribution is -0.384. The average molecular weight is 341 g/mol. The van der Waals surface area contributed by atoms with Crippen LogP contribution in [-0.2, 0) is 11.4 Å². The maximum absolute atomic E-state index is 10.8. The van der Waals surface area contributed by atoms with Crippen molar-refractivity contribution in [2.24, 2.45) is 5.16 Å². The minimum atomic E-state index is -0.423. The summed E-state index contributed by atoms with van der Waals surface area (Å²) in [6, 6.07) is 12.6. The van der Waals surface area contributed by atoms with Crippen LogP contribution in [0.4, 0.5) is 11.4 Å². The number of oxime groups is 1. The van der Waals surface area contributed by atoms with Crippen LogP contribution in [0.3, 0.4) is 0 Å². The second-order valence-electron chi connectivity index (χ2n) is 5.65. The molecule has 2 aromatic rings. The zero-order valence-electron chi connectivity index (χ0n) is 14.8. The van der Waals surface area contributed by atoms with Crippen molar-refractivity contribution in [3.63, 3.8) is 0 Å². The van der Waals surface area contributed by atoms with Gasteiger partial charge in [0.1, 0.15) is 6.61 Å². The van der Waals surface area contributed by atoms with Crippen molar-refractivity contribution in [1.29, 1.82) is 0 Å². The summed E-state index contributed by atoms with van der Waals surface area (Å²) in [6.45, 7) is 8.43. The second-order valence-corrected chi connectivity index (χ2v) is 5.65. The molecule has 0 heterocycles. The van der Waals surface area contributed by atoms with E-state index < -0.39 is 4.92 Å². The third-order valence-electron chi connectivity index (χ3n) is 4.00. The van der Waals surface area contributed by atoms with Crippen LogP contribution >= 0.6 is 0 Å². The van der Waals surface area contributed by atoms with Gasteiger partial charge in [-0.05, 0) is 49.6 Å². The molecule has 2 aromatic carbocycles. The lowest BCUT2D eigenvalue weighted by Crippen LogP contribution is -2.21. The van der Waals surface area contributed by atoms with Gasteiger partial charge >= 0.3 is 0 Å². The highest BCUT2D eigenvalue weighted by molar-refractivity contribution is 5.82. The topological polar surface area (TPSA) is 68.0 Å². The molecule has 0 fully saturated rings. The monoisotopic (exact) mass is 341 g/mol. The van der Waals surface area contributed by atoms with Gasteiger partial charge in [0.2, 0.25) is 0 Å². The molecule has 6 nitrogen and oxygen atoms in total. The van der Waals surface area contributed by atoms with E-state index in [4.69, 9.17) is 4.84 Å². The molecule has 0 aliphatic rings. The Morgan fingerprint density at radius 1 is 1.20 bits per heavy atom. The molecule has 132 valence electrons. The molecule has 0 amide bonds. The van der Waals surface area contributed by atoms with E-state index in [1.165, 1.54) is 17.8 Å². The highest BCUT2D eigenvalue weighted by Crippen LogP contribution is 2.18. The number of benzene rings is 2. The molecule has 0 aliphatic carbocycles. The summed E-state index contributed by atoms with van der Waals surface area (Å²) < 4.78 is 0. The number of nitro groups is 1. The van der Waals surface area contributed by atoms with Crippen molar-refractivity contribution in [3.8, 4) is 0 Å². The molecule has 0 unspecified atom stereocenters. The number of non-ortho nitro benzene ring substituents is 1. The van der Waals surface area contributed by atoms with Gasteiger partial charge in [0.15, 0.2) is 0 Å². The number of aryl methyl sites for hydroxylation is 1. The second kappa shape index (κ2) is 8.82. The summed E-state index contributed by atoms with van der Waals surface area (Å²) in [5, 5.41) is 14.7. The SMILES string of the molecule is CCN(CC)c1ccc(/C=N\OCc2cccc([N+](=O)[O-])c2)c(C)c1. The first-order valence-corrected chi connectivity index (χ1v) is 8.29. The molecule has 0 atom stereocenters. The van der Waals surface area contributed by atoms with Crippen molar-refractivity contribution in [2.45, 2.75) is 27.4 Å². The first-order valence-electron chi connectivity index (χ1n) is 8.29. The van der Waals surface area contributed by atoms with Crippen molar-refractivity contribution < 1.29 is 9.76 Å². The summed E-state index contributed by atoms with van der Waals surface area (Å²) in [4.78, 5) is 17.9. The maximum Gasteiger partial charge on any atom is 0.269 e. The normalized spacial score (nSPS) is 10.8. The molecule has 0 saturated carbocycles. The molecule has 0 spiro atoms. The van der Waals surface area contributed by atoms with Gasteiger partial charge in [0, 0.05) is 30.9 Å². The Labute approximate surface area is 147 Å². The average Bonchev–Trinajstić information content (AvgIpc) is 2.61. The molecule has 6 heteroatoms. The van der Waals surface area contributed by atoms with Crippen molar-refractivity contribution in [2.75, 3.05) is 18.0 Å². The lowest BCUT2D eigenvalue weighted by Gasteiger charge is -2.21. The van der Waals surface area contributed by atoms with Gasteiger partial charge in [-0.3, -0.25) is 10.1 Å². The van der Waals surface area contributed by atoms with E-state index in [0.29, 0.717) is 5.56 Å². The zero-order valence-corrected chi connectivity index (χ0v) is 14.8. The molecule has 0 bridgehead atoms. The van der Waals surface area contributed by atoms with Gasteiger partial charge in [0.25, 0.3) is 5.69 Å². The molecular weight excluding hydrogens is 318 g/mol. The van der Waals surface area contributed by atoms with E-state index in [-0.39, 0.29) is 12.3 Å². The molecule has 2 rings (SSSR count). The quantitative estimate of drug-likeness (QED) is 0.408. The zero-order chi connectivity index (χ0) is 18.2. The van der Waals surface area contributed by atoms with Gasteiger partial charge < -0.3 is 9.74 Å². The Bertz CT molecular complexity index is 755. The fourth-order valence-electron chi connectivity index (χ4n) is 2.56. The van der Waals surface area contributed by atoms with Crippen molar-refractivity contribution in [1.82, 2.24) is 0 Å². The first-order chi connectivity index (χ1) is 12.0. The lowest BCUT2D eigenvalue weighted by atomic mass is 10.1. The molecule has 0 N–H and O–H groups in total. The number of anilines is 1. The predicted octanol–water partition coefficient (Wildman–Crippen LogP) is 4.30.